The van der Waals surface area contributed by atoms with Gasteiger partial charge in [-0.25, -0.2) is 9.78 Å². The van der Waals surface area contributed by atoms with E-state index >= 15 is 0 Å². The van der Waals surface area contributed by atoms with Crippen molar-refractivity contribution < 1.29 is 14.3 Å². The number of nitrogens with zero attached hydrogens (tertiary/aromatic N) is 1. The van der Waals surface area contributed by atoms with E-state index in [0.29, 0.717) is 23.5 Å². The van der Waals surface area contributed by atoms with Gasteiger partial charge in [-0.1, -0.05) is 13.8 Å². The summed E-state index contributed by atoms with van der Waals surface area (Å²) in [6.45, 7) is 7.37. The minimum Gasteiger partial charge on any atom is -0.467 e. The third-order valence-electron chi connectivity index (χ3n) is 3.47. The molecule has 7 nitrogen and oxygen atoms in total. The molecule has 128 valence electrons. The van der Waals surface area contributed by atoms with E-state index in [4.69, 9.17) is 4.74 Å². The lowest BCUT2D eigenvalue weighted by molar-refractivity contribution is -0.145. The maximum Gasteiger partial charge on any atom is 0.328 e. The standard InChI is InChI=1S/C16H25N3O4/c1-9(2)8-13(16(22)23-5)19-14(20)7-6-12-10(3)17-11(4)18-15(12)21/h9,13H,6-8H2,1-5H3,(H,19,20)(H,17,18,21). The van der Waals surface area contributed by atoms with Gasteiger partial charge < -0.3 is 15.0 Å². The summed E-state index contributed by atoms with van der Waals surface area (Å²) in [5.74, 6) is 0.0349. The number of nitrogens with one attached hydrogen (secondary N) is 2. The second-order valence-electron chi connectivity index (χ2n) is 5.99. The maximum absolute atomic E-state index is 12.1. The SMILES string of the molecule is COC(=O)C(CC(C)C)NC(=O)CCc1c(C)nc(C)[nH]c1=O. The highest BCUT2D eigenvalue weighted by Crippen LogP contribution is 2.08. The number of aromatic amines is 1. The Balaban J connectivity index is 2.69. The number of ether oxygens (including phenoxy) is 1. The van der Waals surface area contributed by atoms with E-state index in [-0.39, 0.29) is 30.2 Å². The first-order valence-electron chi connectivity index (χ1n) is 7.68. The Labute approximate surface area is 135 Å². The highest BCUT2D eigenvalue weighted by Gasteiger charge is 2.22. The molecule has 1 atom stereocenters. The number of methoxy groups -OCH3 is 1. The van der Waals surface area contributed by atoms with Crippen LogP contribution in [0.1, 0.15) is 43.8 Å². The molecule has 0 saturated heterocycles. The van der Waals surface area contributed by atoms with Crippen molar-refractivity contribution in [3.63, 3.8) is 0 Å². The Kier molecular flexibility index (Phi) is 6.93. The van der Waals surface area contributed by atoms with E-state index in [1.54, 1.807) is 13.8 Å². The number of aromatic nitrogens is 2. The molecule has 1 amide bonds. The molecular weight excluding hydrogens is 298 g/mol. The average molecular weight is 323 g/mol. The lowest BCUT2D eigenvalue weighted by Crippen LogP contribution is -2.42. The summed E-state index contributed by atoms with van der Waals surface area (Å²) in [4.78, 5) is 42.5. The van der Waals surface area contributed by atoms with E-state index in [1.807, 2.05) is 13.8 Å². The summed E-state index contributed by atoms with van der Waals surface area (Å²) < 4.78 is 4.71. The highest BCUT2D eigenvalue weighted by molar-refractivity contribution is 5.84. The minimum atomic E-state index is -0.664. The van der Waals surface area contributed by atoms with Crippen molar-refractivity contribution in [2.45, 2.75) is 53.0 Å². The van der Waals surface area contributed by atoms with Crippen molar-refractivity contribution in [2.75, 3.05) is 7.11 Å². The van der Waals surface area contributed by atoms with Crippen LogP contribution in [0.4, 0.5) is 0 Å². The van der Waals surface area contributed by atoms with E-state index < -0.39 is 12.0 Å². The Hall–Kier alpha value is -2.18. The predicted octanol–water partition coefficient (Wildman–Crippen LogP) is 1.02. The fourth-order valence-electron chi connectivity index (χ4n) is 2.38. The van der Waals surface area contributed by atoms with Gasteiger partial charge >= 0.3 is 5.97 Å². The molecule has 1 unspecified atom stereocenters. The molecule has 1 heterocycles. The number of carbonyl (C=O) groups is 2. The Morgan fingerprint density at radius 3 is 2.48 bits per heavy atom. The lowest BCUT2D eigenvalue weighted by atomic mass is 10.0. The van der Waals surface area contributed by atoms with Gasteiger partial charge in [-0.15, -0.1) is 0 Å². The number of hydrogen-bond donors (Lipinski definition) is 2. The molecule has 1 aromatic heterocycles. The highest BCUT2D eigenvalue weighted by atomic mass is 16.5. The Morgan fingerprint density at radius 2 is 1.96 bits per heavy atom. The smallest absolute Gasteiger partial charge is 0.328 e. The normalized spacial score (nSPS) is 12.1. The largest absolute Gasteiger partial charge is 0.467 e. The van der Waals surface area contributed by atoms with Crippen LogP contribution in [0.2, 0.25) is 0 Å². The molecule has 0 fully saturated rings. The molecule has 0 saturated carbocycles. The first-order chi connectivity index (χ1) is 10.7. The molecule has 2 N–H and O–H groups in total. The molecule has 1 aromatic rings. The number of H-pyrrole nitrogens is 1. The summed E-state index contributed by atoms with van der Waals surface area (Å²) in [7, 11) is 1.29. The molecular formula is C16H25N3O4. The number of hydrogen-bond acceptors (Lipinski definition) is 5. The van der Waals surface area contributed by atoms with Crippen LogP contribution >= 0.6 is 0 Å². The van der Waals surface area contributed by atoms with Gasteiger partial charge in [-0.05, 0) is 32.6 Å². The van der Waals surface area contributed by atoms with Crippen LogP contribution in [0.3, 0.4) is 0 Å². The van der Waals surface area contributed by atoms with Gasteiger partial charge in [0.2, 0.25) is 5.91 Å². The number of amides is 1. The van der Waals surface area contributed by atoms with Crippen LogP contribution in [0.15, 0.2) is 4.79 Å². The molecule has 0 aromatic carbocycles. The molecule has 1 rings (SSSR count). The van der Waals surface area contributed by atoms with Gasteiger partial charge in [-0.3, -0.25) is 9.59 Å². The van der Waals surface area contributed by atoms with Gasteiger partial charge in [0, 0.05) is 17.7 Å². The van der Waals surface area contributed by atoms with E-state index in [2.05, 4.69) is 15.3 Å². The molecule has 0 spiro atoms. The maximum atomic E-state index is 12.1. The van der Waals surface area contributed by atoms with Crippen LogP contribution < -0.4 is 10.9 Å². The number of carbonyl (C=O) groups excluding carboxylic acids is 2. The topological polar surface area (TPSA) is 101 Å². The van der Waals surface area contributed by atoms with Gasteiger partial charge in [-0.2, -0.15) is 0 Å². The van der Waals surface area contributed by atoms with Crippen molar-refractivity contribution in [3.05, 3.63) is 27.4 Å². The monoisotopic (exact) mass is 323 g/mol. The fraction of sp³-hybridized carbons (Fsp3) is 0.625. The summed E-state index contributed by atoms with van der Waals surface area (Å²) in [5, 5.41) is 2.67. The van der Waals surface area contributed by atoms with Crippen LogP contribution in [0.5, 0.6) is 0 Å². The van der Waals surface area contributed by atoms with Crippen LogP contribution in [-0.2, 0) is 20.7 Å². The molecule has 0 aliphatic heterocycles. The summed E-state index contributed by atoms with van der Waals surface area (Å²) in [6.07, 6.45) is 0.889. The van der Waals surface area contributed by atoms with E-state index in [1.165, 1.54) is 7.11 Å². The van der Waals surface area contributed by atoms with Crippen molar-refractivity contribution in [3.8, 4) is 0 Å². The first-order valence-corrected chi connectivity index (χ1v) is 7.68. The average Bonchev–Trinajstić information content (AvgIpc) is 2.44. The fourth-order valence-corrected chi connectivity index (χ4v) is 2.38. The third kappa shape index (κ3) is 5.84. The number of aryl methyl sites for hydroxylation is 2. The number of esters is 1. The Morgan fingerprint density at radius 1 is 1.30 bits per heavy atom. The van der Waals surface area contributed by atoms with Crippen LogP contribution in [-0.4, -0.2) is 35.0 Å². The molecule has 0 aliphatic rings. The van der Waals surface area contributed by atoms with Crippen molar-refractivity contribution >= 4 is 11.9 Å². The summed E-state index contributed by atoms with van der Waals surface area (Å²) in [6, 6.07) is -0.664. The summed E-state index contributed by atoms with van der Waals surface area (Å²) in [5.41, 5.74) is 0.879. The van der Waals surface area contributed by atoms with Crippen molar-refractivity contribution in [2.24, 2.45) is 5.92 Å². The van der Waals surface area contributed by atoms with E-state index in [9.17, 15) is 14.4 Å². The number of rotatable bonds is 7. The zero-order valence-corrected chi connectivity index (χ0v) is 14.4. The van der Waals surface area contributed by atoms with Gasteiger partial charge in [0.25, 0.3) is 5.56 Å². The third-order valence-corrected chi connectivity index (χ3v) is 3.47. The van der Waals surface area contributed by atoms with Crippen LogP contribution in [0, 0.1) is 19.8 Å². The zero-order chi connectivity index (χ0) is 17.6. The zero-order valence-electron chi connectivity index (χ0n) is 14.4. The Bertz CT molecular complexity index is 622. The van der Waals surface area contributed by atoms with Crippen molar-refractivity contribution in [1.82, 2.24) is 15.3 Å². The lowest BCUT2D eigenvalue weighted by Gasteiger charge is -2.18. The summed E-state index contributed by atoms with van der Waals surface area (Å²) >= 11 is 0. The molecule has 0 aliphatic carbocycles. The van der Waals surface area contributed by atoms with Crippen molar-refractivity contribution in [1.29, 1.82) is 0 Å². The van der Waals surface area contributed by atoms with Gasteiger partial charge in [0.15, 0.2) is 0 Å². The molecule has 0 bridgehead atoms. The van der Waals surface area contributed by atoms with Crippen LogP contribution in [0.25, 0.3) is 0 Å². The molecule has 0 radical (unpaired) electrons. The quantitative estimate of drug-likeness (QED) is 0.730. The molecule has 7 heteroatoms. The van der Waals surface area contributed by atoms with Gasteiger partial charge in [0.1, 0.15) is 11.9 Å². The second kappa shape index (κ2) is 8.45. The van der Waals surface area contributed by atoms with E-state index in [0.717, 1.165) is 0 Å². The second-order valence-corrected chi connectivity index (χ2v) is 5.99. The minimum absolute atomic E-state index is 0.111. The molecule has 23 heavy (non-hydrogen) atoms. The first kappa shape index (κ1) is 18.9. The predicted molar refractivity (Wildman–Crippen MR) is 86.1 cm³/mol. The van der Waals surface area contributed by atoms with Gasteiger partial charge in [0.05, 0.1) is 7.11 Å².